The van der Waals surface area contributed by atoms with E-state index in [2.05, 4.69) is 5.32 Å². The van der Waals surface area contributed by atoms with Crippen molar-refractivity contribution in [1.29, 1.82) is 0 Å². The minimum atomic E-state index is 0.682. The Morgan fingerprint density at radius 2 is 2.15 bits per heavy atom. The average Bonchev–Trinajstić information content (AvgIpc) is 3.00. The van der Waals surface area contributed by atoms with Crippen LogP contribution in [0.15, 0.2) is 0 Å². The first-order chi connectivity index (χ1) is 6.35. The second kappa shape index (κ2) is 3.97. The van der Waals surface area contributed by atoms with Crippen molar-refractivity contribution in [2.75, 3.05) is 20.3 Å². The number of ether oxygens (including phenoxy) is 1. The Labute approximate surface area is 81.0 Å². The zero-order chi connectivity index (χ0) is 9.15. The smallest absolute Gasteiger partial charge is 0.0462 e. The molecule has 0 aromatic heterocycles. The van der Waals surface area contributed by atoms with Gasteiger partial charge in [0, 0.05) is 26.3 Å². The second-order valence-corrected chi connectivity index (χ2v) is 4.75. The predicted octanol–water partition coefficient (Wildman–Crippen LogP) is 1.95. The van der Waals surface area contributed by atoms with Gasteiger partial charge in [-0.15, -0.1) is 0 Å². The molecule has 0 bridgehead atoms. The lowest BCUT2D eigenvalue weighted by molar-refractivity contribution is 0.184. The standard InChI is InChI=1S/C11H21NO/c1-13-8-2-5-11(6-7-11)9-12-10-3-4-10/h10,12H,2-9H2,1H3. The third kappa shape index (κ3) is 2.96. The van der Waals surface area contributed by atoms with Gasteiger partial charge in [-0.2, -0.15) is 0 Å². The Balaban J connectivity index is 1.58. The zero-order valence-corrected chi connectivity index (χ0v) is 8.64. The van der Waals surface area contributed by atoms with Gasteiger partial charge < -0.3 is 10.1 Å². The predicted molar refractivity (Wildman–Crippen MR) is 53.8 cm³/mol. The molecule has 0 amide bonds. The van der Waals surface area contributed by atoms with Crippen molar-refractivity contribution in [1.82, 2.24) is 5.32 Å². The molecular formula is C11H21NO. The second-order valence-electron chi connectivity index (χ2n) is 4.75. The highest BCUT2D eigenvalue weighted by Gasteiger charge is 2.42. The van der Waals surface area contributed by atoms with Gasteiger partial charge in [0.1, 0.15) is 0 Å². The van der Waals surface area contributed by atoms with Gasteiger partial charge in [0.25, 0.3) is 0 Å². The largest absolute Gasteiger partial charge is 0.385 e. The summed E-state index contributed by atoms with van der Waals surface area (Å²) in [7, 11) is 1.79. The van der Waals surface area contributed by atoms with Crippen LogP contribution in [0.1, 0.15) is 38.5 Å². The molecule has 0 aliphatic heterocycles. The van der Waals surface area contributed by atoms with Crippen LogP contribution in [0.5, 0.6) is 0 Å². The van der Waals surface area contributed by atoms with E-state index in [1.54, 1.807) is 7.11 Å². The monoisotopic (exact) mass is 183 g/mol. The number of nitrogens with one attached hydrogen (secondary N) is 1. The summed E-state index contributed by atoms with van der Waals surface area (Å²) < 4.78 is 5.08. The summed E-state index contributed by atoms with van der Waals surface area (Å²) in [4.78, 5) is 0. The molecule has 2 heteroatoms. The molecule has 0 spiro atoms. The van der Waals surface area contributed by atoms with E-state index in [1.165, 1.54) is 45.1 Å². The summed E-state index contributed by atoms with van der Waals surface area (Å²) in [5.74, 6) is 0. The van der Waals surface area contributed by atoms with Crippen LogP contribution in [-0.2, 0) is 4.74 Å². The van der Waals surface area contributed by atoms with Gasteiger partial charge >= 0.3 is 0 Å². The van der Waals surface area contributed by atoms with Gasteiger partial charge in [-0.1, -0.05) is 0 Å². The van der Waals surface area contributed by atoms with E-state index in [0.717, 1.165) is 12.6 Å². The molecule has 13 heavy (non-hydrogen) atoms. The Hall–Kier alpha value is -0.0800. The van der Waals surface area contributed by atoms with E-state index in [1.807, 2.05) is 0 Å². The van der Waals surface area contributed by atoms with Crippen LogP contribution < -0.4 is 5.32 Å². The fourth-order valence-corrected chi connectivity index (χ4v) is 1.93. The van der Waals surface area contributed by atoms with Crippen LogP contribution in [0.2, 0.25) is 0 Å². The SMILES string of the molecule is COCCCC1(CNC2CC2)CC1. The topological polar surface area (TPSA) is 21.3 Å². The lowest BCUT2D eigenvalue weighted by Gasteiger charge is -2.15. The summed E-state index contributed by atoms with van der Waals surface area (Å²) >= 11 is 0. The van der Waals surface area contributed by atoms with Crippen LogP contribution in [0.3, 0.4) is 0 Å². The fourth-order valence-electron chi connectivity index (χ4n) is 1.93. The summed E-state index contributed by atoms with van der Waals surface area (Å²) in [6.07, 6.45) is 8.30. The summed E-state index contributed by atoms with van der Waals surface area (Å²) in [6.45, 7) is 2.20. The third-order valence-electron chi connectivity index (χ3n) is 3.36. The number of rotatable bonds is 7. The molecule has 0 aromatic rings. The number of methoxy groups -OCH3 is 1. The highest BCUT2D eigenvalue weighted by molar-refractivity contribution is 4.96. The van der Waals surface area contributed by atoms with Crippen molar-refractivity contribution in [3.05, 3.63) is 0 Å². The summed E-state index contributed by atoms with van der Waals surface area (Å²) in [5.41, 5.74) is 0.682. The molecule has 0 atom stereocenters. The molecule has 76 valence electrons. The van der Waals surface area contributed by atoms with Crippen molar-refractivity contribution in [2.45, 2.75) is 44.6 Å². The third-order valence-corrected chi connectivity index (χ3v) is 3.36. The van der Waals surface area contributed by atoms with E-state index >= 15 is 0 Å². The van der Waals surface area contributed by atoms with Crippen LogP contribution in [0.25, 0.3) is 0 Å². The maximum atomic E-state index is 5.08. The Morgan fingerprint density at radius 3 is 2.69 bits per heavy atom. The van der Waals surface area contributed by atoms with Gasteiger partial charge in [-0.05, 0) is 43.9 Å². The number of hydrogen-bond donors (Lipinski definition) is 1. The molecule has 2 saturated carbocycles. The quantitative estimate of drug-likeness (QED) is 0.609. The normalized spacial score (nSPS) is 24.7. The maximum absolute atomic E-state index is 5.08. The van der Waals surface area contributed by atoms with Crippen molar-refractivity contribution < 1.29 is 4.74 Å². The van der Waals surface area contributed by atoms with E-state index in [9.17, 15) is 0 Å². The molecule has 0 radical (unpaired) electrons. The minimum Gasteiger partial charge on any atom is -0.385 e. The first kappa shape index (κ1) is 9.47. The first-order valence-electron chi connectivity index (χ1n) is 5.57. The molecule has 2 nitrogen and oxygen atoms in total. The van der Waals surface area contributed by atoms with Crippen molar-refractivity contribution in [3.63, 3.8) is 0 Å². The van der Waals surface area contributed by atoms with E-state index in [4.69, 9.17) is 4.74 Å². The van der Waals surface area contributed by atoms with Crippen LogP contribution in [0, 0.1) is 5.41 Å². The molecule has 1 N–H and O–H groups in total. The van der Waals surface area contributed by atoms with Gasteiger partial charge in [-0.25, -0.2) is 0 Å². The summed E-state index contributed by atoms with van der Waals surface area (Å²) in [5, 5.41) is 3.65. The molecule has 2 aliphatic carbocycles. The van der Waals surface area contributed by atoms with Gasteiger partial charge in [-0.3, -0.25) is 0 Å². The van der Waals surface area contributed by atoms with Crippen molar-refractivity contribution in [3.8, 4) is 0 Å². The molecule has 2 rings (SSSR count). The van der Waals surface area contributed by atoms with Gasteiger partial charge in [0.05, 0.1) is 0 Å². The van der Waals surface area contributed by atoms with Crippen molar-refractivity contribution >= 4 is 0 Å². The minimum absolute atomic E-state index is 0.682. The lowest BCUT2D eigenvalue weighted by atomic mass is 10.0. The fraction of sp³-hybridized carbons (Fsp3) is 1.00. The van der Waals surface area contributed by atoms with Gasteiger partial charge in [0.15, 0.2) is 0 Å². The summed E-state index contributed by atoms with van der Waals surface area (Å²) in [6, 6.07) is 0.875. The Morgan fingerprint density at radius 1 is 1.38 bits per heavy atom. The Kier molecular flexibility index (Phi) is 2.89. The molecule has 2 aliphatic rings. The molecule has 2 fully saturated rings. The van der Waals surface area contributed by atoms with Crippen LogP contribution in [-0.4, -0.2) is 26.3 Å². The van der Waals surface area contributed by atoms with E-state index in [-0.39, 0.29) is 0 Å². The van der Waals surface area contributed by atoms with Crippen molar-refractivity contribution in [2.24, 2.45) is 5.41 Å². The number of hydrogen-bond acceptors (Lipinski definition) is 2. The van der Waals surface area contributed by atoms with Crippen LogP contribution >= 0.6 is 0 Å². The maximum Gasteiger partial charge on any atom is 0.0462 e. The highest BCUT2D eigenvalue weighted by atomic mass is 16.5. The average molecular weight is 183 g/mol. The first-order valence-corrected chi connectivity index (χ1v) is 5.57. The molecule has 0 aromatic carbocycles. The van der Waals surface area contributed by atoms with E-state index < -0.39 is 0 Å². The highest BCUT2D eigenvalue weighted by Crippen LogP contribution is 2.49. The molecule has 0 saturated heterocycles. The molecule has 0 unspecified atom stereocenters. The zero-order valence-electron chi connectivity index (χ0n) is 8.64. The molecule has 0 heterocycles. The van der Waals surface area contributed by atoms with Gasteiger partial charge in [0.2, 0.25) is 0 Å². The van der Waals surface area contributed by atoms with Crippen LogP contribution in [0.4, 0.5) is 0 Å². The van der Waals surface area contributed by atoms with E-state index in [0.29, 0.717) is 5.41 Å². The molecular weight excluding hydrogens is 162 g/mol. The Bertz CT molecular complexity index is 161. The lowest BCUT2D eigenvalue weighted by Crippen LogP contribution is -2.26.